The average molecular weight is 273 g/mol. The zero-order chi connectivity index (χ0) is 14.2. The number of benzene rings is 1. The Hall–Kier alpha value is -1.81. The Labute approximate surface area is 120 Å². The average Bonchev–Trinajstić information content (AvgIpc) is 2.93. The molecule has 1 aromatic heterocycles. The molecule has 0 aliphatic carbocycles. The third kappa shape index (κ3) is 4.10. The van der Waals surface area contributed by atoms with Gasteiger partial charge in [-0.15, -0.1) is 0 Å². The third-order valence-electron chi connectivity index (χ3n) is 3.40. The predicted octanol–water partition coefficient (Wildman–Crippen LogP) is 3.14. The van der Waals surface area contributed by atoms with Gasteiger partial charge in [0.15, 0.2) is 0 Å². The zero-order valence-corrected chi connectivity index (χ0v) is 12.2. The summed E-state index contributed by atoms with van der Waals surface area (Å²) in [6.45, 7) is 4.81. The first-order chi connectivity index (χ1) is 9.81. The number of aromatic nitrogens is 2. The number of imidazole rings is 1. The molecule has 4 heteroatoms. The maximum absolute atomic E-state index is 5.08. The van der Waals surface area contributed by atoms with E-state index in [1.165, 1.54) is 5.56 Å². The Bertz CT molecular complexity index is 495. The number of nitrogens with one attached hydrogen (secondary N) is 1. The lowest BCUT2D eigenvalue weighted by Crippen LogP contribution is -2.14. The van der Waals surface area contributed by atoms with E-state index in [4.69, 9.17) is 4.74 Å². The molecule has 0 aliphatic heterocycles. The second-order valence-electron chi connectivity index (χ2n) is 4.98. The molecule has 0 aliphatic rings. The highest BCUT2D eigenvalue weighted by atomic mass is 16.5. The molecule has 1 aromatic carbocycles. The van der Waals surface area contributed by atoms with Gasteiger partial charge >= 0.3 is 0 Å². The SMILES string of the molecule is COCCCn1ccnc1NCC(C)c1ccccc1. The van der Waals surface area contributed by atoms with Crippen LogP contribution in [0.15, 0.2) is 42.7 Å². The minimum Gasteiger partial charge on any atom is -0.385 e. The summed E-state index contributed by atoms with van der Waals surface area (Å²) in [5.74, 6) is 1.39. The van der Waals surface area contributed by atoms with Gasteiger partial charge in [0, 0.05) is 39.2 Å². The third-order valence-corrected chi connectivity index (χ3v) is 3.40. The number of hydrogen-bond acceptors (Lipinski definition) is 3. The fourth-order valence-electron chi connectivity index (χ4n) is 2.18. The minimum absolute atomic E-state index is 0.459. The molecular formula is C16H23N3O. The number of anilines is 1. The number of ether oxygens (including phenoxy) is 1. The van der Waals surface area contributed by atoms with E-state index in [9.17, 15) is 0 Å². The summed E-state index contributed by atoms with van der Waals surface area (Å²) in [5, 5.41) is 3.43. The molecule has 0 saturated carbocycles. The van der Waals surface area contributed by atoms with E-state index in [1.807, 2.05) is 18.5 Å². The van der Waals surface area contributed by atoms with Gasteiger partial charge in [0.1, 0.15) is 0 Å². The lowest BCUT2D eigenvalue weighted by Gasteiger charge is -2.14. The highest BCUT2D eigenvalue weighted by molar-refractivity contribution is 5.28. The van der Waals surface area contributed by atoms with Crippen molar-refractivity contribution in [2.45, 2.75) is 25.8 Å². The van der Waals surface area contributed by atoms with Gasteiger partial charge in [-0.2, -0.15) is 0 Å². The Kier molecular flexibility index (Phi) is 5.62. The van der Waals surface area contributed by atoms with Crippen LogP contribution in [-0.2, 0) is 11.3 Å². The number of aryl methyl sites for hydroxylation is 1. The molecule has 1 heterocycles. The van der Waals surface area contributed by atoms with Crippen molar-refractivity contribution in [3.63, 3.8) is 0 Å². The van der Waals surface area contributed by atoms with Crippen molar-refractivity contribution >= 4 is 5.95 Å². The first-order valence-corrected chi connectivity index (χ1v) is 7.10. The Morgan fingerprint density at radius 3 is 2.85 bits per heavy atom. The molecule has 0 radical (unpaired) electrons. The van der Waals surface area contributed by atoms with E-state index < -0.39 is 0 Å². The van der Waals surface area contributed by atoms with Crippen molar-refractivity contribution in [3.05, 3.63) is 48.3 Å². The van der Waals surface area contributed by atoms with Crippen molar-refractivity contribution in [2.24, 2.45) is 0 Å². The van der Waals surface area contributed by atoms with Crippen LogP contribution < -0.4 is 5.32 Å². The molecule has 1 atom stereocenters. The van der Waals surface area contributed by atoms with Crippen LogP contribution in [0.3, 0.4) is 0 Å². The van der Waals surface area contributed by atoms with E-state index in [0.29, 0.717) is 5.92 Å². The highest BCUT2D eigenvalue weighted by Crippen LogP contribution is 2.15. The maximum Gasteiger partial charge on any atom is 0.202 e. The smallest absolute Gasteiger partial charge is 0.202 e. The topological polar surface area (TPSA) is 39.1 Å². The molecule has 0 spiro atoms. The molecule has 2 aromatic rings. The molecule has 0 saturated heterocycles. The van der Waals surface area contributed by atoms with E-state index in [-0.39, 0.29) is 0 Å². The summed E-state index contributed by atoms with van der Waals surface area (Å²) >= 11 is 0. The maximum atomic E-state index is 5.08. The summed E-state index contributed by atoms with van der Waals surface area (Å²) in [6, 6.07) is 10.5. The minimum atomic E-state index is 0.459. The molecule has 1 N–H and O–H groups in total. The largest absolute Gasteiger partial charge is 0.385 e. The van der Waals surface area contributed by atoms with Crippen LogP contribution in [0.1, 0.15) is 24.8 Å². The zero-order valence-electron chi connectivity index (χ0n) is 12.2. The van der Waals surface area contributed by atoms with Crippen molar-refractivity contribution in [2.75, 3.05) is 25.6 Å². The molecule has 4 nitrogen and oxygen atoms in total. The standard InChI is InChI=1S/C16H23N3O/c1-14(15-7-4-3-5-8-15)13-18-16-17-9-11-19(16)10-6-12-20-2/h3-5,7-9,11,14H,6,10,12-13H2,1-2H3,(H,17,18). The Morgan fingerprint density at radius 2 is 2.10 bits per heavy atom. The van der Waals surface area contributed by atoms with Crippen molar-refractivity contribution < 1.29 is 4.74 Å². The first-order valence-electron chi connectivity index (χ1n) is 7.10. The molecule has 2 rings (SSSR count). The van der Waals surface area contributed by atoms with Crippen LogP contribution in [0.2, 0.25) is 0 Å². The van der Waals surface area contributed by atoms with Crippen LogP contribution >= 0.6 is 0 Å². The van der Waals surface area contributed by atoms with Gasteiger partial charge in [-0.25, -0.2) is 4.98 Å². The summed E-state index contributed by atoms with van der Waals surface area (Å²) < 4.78 is 7.22. The van der Waals surface area contributed by atoms with E-state index in [0.717, 1.165) is 32.1 Å². The number of rotatable bonds is 8. The fourth-order valence-corrected chi connectivity index (χ4v) is 2.18. The Balaban J connectivity index is 1.86. The van der Waals surface area contributed by atoms with Gasteiger partial charge in [-0.3, -0.25) is 0 Å². The number of methoxy groups -OCH3 is 1. The van der Waals surface area contributed by atoms with Gasteiger partial charge in [-0.05, 0) is 17.9 Å². The lowest BCUT2D eigenvalue weighted by molar-refractivity contribution is 0.190. The summed E-state index contributed by atoms with van der Waals surface area (Å²) in [4.78, 5) is 4.37. The van der Waals surface area contributed by atoms with Crippen molar-refractivity contribution in [3.8, 4) is 0 Å². The van der Waals surface area contributed by atoms with Gasteiger partial charge in [0.2, 0.25) is 5.95 Å². The highest BCUT2D eigenvalue weighted by Gasteiger charge is 2.07. The summed E-state index contributed by atoms with van der Waals surface area (Å²) in [5.41, 5.74) is 1.34. The van der Waals surface area contributed by atoms with E-state index in [1.54, 1.807) is 7.11 Å². The predicted molar refractivity (Wildman–Crippen MR) is 82.1 cm³/mol. The van der Waals surface area contributed by atoms with Crippen LogP contribution in [0.25, 0.3) is 0 Å². The monoisotopic (exact) mass is 273 g/mol. The fraction of sp³-hybridized carbons (Fsp3) is 0.438. The van der Waals surface area contributed by atoms with Gasteiger partial charge < -0.3 is 14.6 Å². The lowest BCUT2D eigenvalue weighted by atomic mass is 10.0. The second kappa shape index (κ2) is 7.70. The van der Waals surface area contributed by atoms with Crippen molar-refractivity contribution in [1.82, 2.24) is 9.55 Å². The van der Waals surface area contributed by atoms with E-state index in [2.05, 4.69) is 46.1 Å². The molecule has 0 amide bonds. The number of nitrogens with zero attached hydrogens (tertiary/aromatic N) is 2. The van der Waals surface area contributed by atoms with Gasteiger partial charge in [0.25, 0.3) is 0 Å². The number of hydrogen-bond donors (Lipinski definition) is 1. The quantitative estimate of drug-likeness (QED) is 0.751. The molecule has 0 bridgehead atoms. The van der Waals surface area contributed by atoms with Crippen LogP contribution in [0, 0.1) is 0 Å². The molecule has 20 heavy (non-hydrogen) atoms. The van der Waals surface area contributed by atoms with E-state index >= 15 is 0 Å². The van der Waals surface area contributed by atoms with Crippen LogP contribution in [-0.4, -0.2) is 29.8 Å². The molecule has 108 valence electrons. The van der Waals surface area contributed by atoms with Gasteiger partial charge in [0.05, 0.1) is 0 Å². The van der Waals surface area contributed by atoms with Gasteiger partial charge in [-0.1, -0.05) is 37.3 Å². The molecular weight excluding hydrogens is 250 g/mol. The Morgan fingerprint density at radius 1 is 1.30 bits per heavy atom. The first kappa shape index (κ1) is 14.6. The summed E-state index contributed by atoms with van der Waals surface area (Å²) in [6.07, 6.45) is 4.84. The normalized spacial score (nSPS) is 12.3. The molecule has 0 fully saturated rings. The summed E-state index contributed by atoms with van der Waals surface area (Å²) in [7, 11) is 1.73. The van der Waals surface area contributed by atoms with Crippen molar-refractivity contribution in [1.29, 1.82) is 0 Å². The second-order valence-corrected chi connectivity index (χ2v) is 4.98. The van der Waals surface area contributed by atoms with Crippen LogP contribution in [0.4, 0.5) is 5.95 Å². The molecule has 1 unspecified atom stereocenters. The van der Waals surface area contributed by atoms with Crippen LogP contribution in [0.5, 0.6) is 0 Å².